The molecule has 7 heteroatoms. The van der Waals surface area contributed by atoms with E-state index in [4.69, 9.17) is 4.74 Å². The molecule has 1 atom stereocenters. The van der Waals surface area contributed by atoms with E-state index in [-0.39, 0.29) is 22.9 Å². The number of ether oxygens (including phenoxy) is 1. The number of benzene rings is 3. The maximum atomic E-state index is 12.8. The van der Waals surface area contributed by atoms with Crippen molar-refractivity contribution in [1.82, 2.24) is 10.0 Å². The Bertz CT molecular complexity index is 1170. The number of nitrogens with one attached hydrogen (secondary N) is 2. The number of carbonyl (C=O) groups is 1. The average Bonchev–Trinajstić information content (AvgIpc) is 3.65. The van der Waals surface area contributed by atoms with Gasteiger partial charge >= 0.3 is 0 Å². The van der Waals surface area contributed by atoms with E-state index in [1.807, 2.05) is 54.6 Å². The van der Waals surface area contributed by atoms with Crippen LogP contribution in [0.15, 0.2) is 83.8 Å². The number of amides is 1. The van der Waals surface area contributed by atoms with Crippen LogP contribution in [0.2, 0.25) is 0 Å². The lowest BCUT2D eigenvalue weighted by atomic mass is 9.98. The topological polar surface area (TPSA) is 84.5 Å². The van der Waals surface area contributed by atoms with Gasteiger partial charge in [-0.3, -0.25) is 4.79 Å². The Hall–Kier alpha value is -3.16. The van der Waals surface area contributed by atoms with Crippen molar-refractivity contribution >= 4 is 15.9 Å². The minimum Gasteiger partial charge on any atom is -0.497 e. The molecule has 0 saturated heterocycles. The van der Waals surface area contributed by atoms with Crippen LogP contribution in [0.3, 0.4) is 0 Å². The van der Waals surface area contributed by atoms with Gasteiger partial charge in [0, 0.05) is 12.5 Å². The quantitative estimate of drug-likeness (QED) is 0.475. The van der Waals surface area contributed by atoms with E-state index < -0.39 is 10.0 Å². The molecule has 1 aliphatic carbocycles. The maximum Gasteiger partial charge on any atom is 0.240 e. The van der Waals surface area contributed by atoms with Crippen molar-refractivity contribution in [3.8, 4) is 5.75 Å². The van der Waals surface area contributed by atoms with Gasteiger partial charge in [-0.25, -0.2) is 13.1 Å². The van der Waals surface area contributed by atoms with E-state index in [0.29, 0.717) is 12.8 Å². The standard InChI is InChI=1S/C26H28N2O4S/c1-32-23-14-10-21(11-15-23)26(20-5-3-2-4-6-20)27-25(29)18-9-19-7-16-24(17-8-19)33(30,31)28-22-12-13-22/h2-8,10-11,14-17,22,26,28H,9,12-13,18H2,1H3,(H,27,29). The van der Waals surface area contributed by atoms with E-state index in [2.05, 4.69) is 10.0 Å². The van der Waals surface area contributed by atoms with Crippen molar-refractivity contribution in [2.45, 2.75) is 42.7 Å². The predicted octanol–water partition coefficient (Wildman–Crippen LogP) is 3.97. The van der Waals surface area contributed by atoms with Gasteiger partial charge in [0.2, 0.25) is 15.9 Å². The summed E-state index contributed by atoms with van der Waals surface area (Å²) in [5, 5.41) is 3.14. The first-order valence-electron chi connectivity index (χ1n) is 11.0. The fourth-order valence-electron chi connectivity index (χ4n) is 3.62. The van der Waals surface area contributed by atoms with Crippen LogP contribution in [0.4, 0.5) is 0 Å². The summed E-state index contributed by atoms with van der Waals surface area (Å²) in [7, 11) is -1.84. The molecule has 6 nitrogen and oxygen atoms in total. The van der Waals surface area contributed by atoms with E-state index in [1.165, 1.54) is 0 Å². The van der Waals surface area contributed by atoms with Crippen LogP contribution in [-0.4, -0.2) is 27.5 Å². The summed E-state index contributed by atoms with van der Waals surface area (Å²) in [4.78, 5) is 13.1. The molecule has 0 bridgehead atoms. The molecule has 0 spiro atoms. The first kappa shape index (κ1) is 23.0. The Morgan fingerprint density at radius 1 is 0.939 bits per heavy atom. The molecule has 1 amide bonds. The number of rotatable bonds is 10. The molecule has 3 aromatic rings. The van der Waals surface area contributed by atoms with E-state index in [1.54, 1.807) is 31.4 Å². The Morgan fingerprint density at radius 2 is 1.58 bits per heavy atom. The number of hydrogen-bond donors (Lipinski definition) is 2. The number of sulfonamides is 1. The molecular formula is C26H28N2O4S. The minimum atomic E-state index is -3.47. The molecule has 1 aliphatic rings. The molecule has 2 N–H and O–H groups in total. The summed E-state index contributed by atoms with van der Waals surface area (Å²) in [6.45, 7) is 0. The van der Waals surface area contributed by atoms with Crippen molar-refractivity contribution in [3.05, 3.63) is 95.6 Å². The molecule has 33 heavy (non-hydrogen) atoms. The van der Waals surface area contributed by atoms with Gasteiger partial charge in [0.25, 0.3) is 0 Å². The molecular weight excluding hydrogens is 436 g/mol. The van der Waals surface area contributed by atoms with E-state index >= 15 is 0 Å². The summed E-state index contributed by atoms with van der Waals surface area (Å²) in [5.41, 5.74) is 2.87. The Labute approximate surface area is 195 Å². The van der Waals surface area contributed by atoms with Gasteiger partial charge in [0.15, 0.2) is 0 Å². The van der Waals surface area contributed by atoms with Crippen molar-refractivity contribution in [1.29, 1.82) is 0 Å². The highest BCUT2D eigenvalue weighted by Gasteiger charge is 2.27. The summed E-state index contributed by atoms with van der Waals surface area (Å²) in [5.74, 6) is 0.682. The second-order valence-electron chi connectivity index (χ2n) is 8.22. The lowest BCUT2D eigenvalue weighted by Gasteiger charge is -2.20. The predicted molar refractivity (Wildman–Crippen MR) is 128 cm³/mol. The molecule has 0 aliphatic heterocycles. The van der Waals surface area contributed by atoms with E-state index in [0.717, 1.165) is 35.3 Å². The van der Waals surface area contributed by atoms with Crippen LogP contribution in [0.25, 0.3) is 0 Å². The third kappa shape index (κ3) is 6.21. The Kier molecular flexibility index (Phi) is 7.11. The molecule has 3 aromatic carbocycles. The third-order valence-corrected chi connectivity index (χ3v) is 7.20. The van der Waals surface area contributed by atoms with E-state index in [9.17, 15) is 13.2 Å². The molecule has 0 aromatic heterocycles. The molecule has 0 heterocycles. The van der Waals surface area contributed by atoms with Crippen LogP contribution in [0.1, 0.15) is 42.0 Å². The lowest BCUT2D eigenvalue weighted by molar-refractivity contribution is -0.121. The lowest BCUT2D eigenvalue weighted by Crippen LogP contribution is -2.29. The molecule has 4 rings (SSSR count). The highest BCUT2D eigenvalue weighted by Crippen LogP contribution is 2.25. The second kappa shape index (κ2) is 10.2. The normalized spacial score (nSPS) is 14.5. The summed E-state index contributed by atoms with van der Waals surface area (Å²) in [6.07, 6.45) is 2.61. The number of carbonyl (C=O) groups excluding carboxylic acids is 1. The molecule has 0 radical (unpaired) electrons. The smallest absolute Gasteiger partial charge is 0.240 e. The van der Waals surface area contributed by atoms with Gasteiger partial charge in [-0.15, -0.1) is 0 Å². The Morgan fingerprint density at radius 3 is 2.18 bits per heavy atom. The minimum absolute atomic E-state index is 0.0710. The SMILES string of the molecule is COc1ccc(C(NC(=O)CCc2ccc(S(=O)(=O)NC3CC3)cc2)c2ccccc2)cc1. The van der Waals surface area contributed by atoms with Crippen LogP contribution < -0.4 is 14.8 Å². The van der Waals surface area contributed by atoms with Crippen molar-refractivity contribution in [2.75, 3.05) is 7.11 Å². The van der Waals surface area contributed by atoms with Crippen LogP contribution in [0.5, 0.6) is 5.75 Å². The van der Waals surface area contributed by atoms with Gasteiger partial charge in [0.1, 0.15) is 5.75 Å². The fourth-order valence-corrected chi connectivity index (χ4v) is 4.92. The zero-order chi connectivity index (χ0) is 23.3. The molecule has 172 valence electrons. The number of methoxy groups -OCH3 is 1. The monoisotopic (exact) mass is 464 g/mol. The number of hydrogen-bond acceptors (Lipinski definition) is 4. The number of aryl methyl sites for hydroxylation is 1. The van der Waals surface area contributed by atoms with Gasteiger partial charge in [-0.05, 0) is 60.2 Å². The van der Waals surface area contributed by atoms with Crippen LogP contribution in [0, 0.1) is 0 Å². The van der Waals surface area contributed by atoms with Gasteiger partial charge in [0.05, 0.1) is 18.0 Å². The maximum absolute atomic E-state index is 12.8. The van der Waals surface area contributed by atoms with Crippen molar-refractivity contribution < 1.29 is 17.9 Å². The molecule has 1 unspecified atom stereocenters. The second-order valence-corrected chi connectivity index (χ2v) is 9.94. The zero-order valence-corrected chi connectivity index (χ0v) is 19.3. The average molecular weight is 465 g/mol. The van der Waals surface area contributed by atoms with Crippen LogP contribution in [-0.2, 0) is 21.2 Å². The van der Waals surface area contributed by atoms with Gasteiger partial charge < -0.3 is 10.1 Å². The van der Waals surface area contributed by atoms with Crippen molar-refractivity contribution in [3.63, 3.8) is 0 Å². The first-order valence-corrected chi connectivity index (χ1v) is 12.5. The highest BCUT2D eigenvalue weighted by atomic mass is 32.2. The van der Waals surface area contributed by atoms with Gasteiger partial charge in [-0.2, -0.15) is 0 Å². The molecule has 1 fully saturated rings. The molecule has 1 saturated carbocycles. The summed E-state index contributed by atoms with van der Waals surface area (Å²) >= 11 is 0. The highest BCUT2D eigenvalue weighted by molar-refractivity contribution is 7.89. The van der Waals surface area contributed by atoms with Gasteiger partial charge in [-0.1, -0.05) is 54.6 Å². The fraction of sp³-hybridized carbons (Fsp3) is 0.269. The largest absolute Gasteiger partial charge is 0.497 e. The van der Waals surface area contributed by atoms with Crippen molar-refractivity contribution in [2.24, 2.45) is 0 Å². The third-order valence-electron chi connectivity index (χ3n) is 5.66. The first-order chi connectivity index (χ1) is 15.9. The Balaban J connectivity index is 1.40. The summed E-state index contributed by atoms with van der Waals surface area (Å²) in [6, 6.07) is 24.0. The zero-order valence-electron chi connectivity index (χ0n) is 18.5. The summed E-state index contributed by atoms with van der Waals surface area (Å²) < 4.78 is 32.5. The van der Waals surface area contributed by atoms with Crippen LogP contribution >= 0.6 is 0 Å².